The highest BCUT2D eigenvalue weighted by Crippen LogP contribution is 2.34. The van der Waals surface area contributed by atoms with E-state index in [4.69, 9.17) is 10.3 Å². The average Bonchev–Trinajstić information content (AvgIpc) is 2.42. The van der Waals surface area contributed by atoms with Gasteiger partial charge in [0.15, 0.2) is 0 Å². The van der Waals surface area contributed by atoms with Crippen molar-refractivity contribution in [3.8, 4) is 0 Å². The molecule has 0 aliphatic heterocycles. The molecule has 2 aliphatic rings. The van der Waals surface area contributed by atoms with Crippen molar-refractivity contribution in [1.29, 1.82) is 0 Å². The zero-order valence-corrected chi connectivity index (χ0v) is 13.7. The second-order valence-electron chi connectivity index (χ2n) is 6.97. The van der Waals surface area contributed by atoms with Gasteiger partial charge in [0.25, 0.3) is 10.1 Å². The van der Waals surface area contributed by atoms with Crippen LogP contribution in [0.5, 0.6) is 0 Å². The first-order valence-electron chi connectivity index (χ1n) is 8.36. The van der Waals surface area contributed by atoms with Gasteiger partial charge in [-0.3, -0.25) is 4.55 Å². The molecule has 0 radical (unpaired) electrons. The van der Waals surface area contributed by atoms with Gasteiger partial charge in [-0.25, -0.2) is 0 Å². The molecule has 2 aliphatic carbocycles. The van der Waals surface area contributed by atoms with Gasteiger partial charge in [-0.15, -0.1) is 0 Å². The summed E-state index contributed by atoms with van der Waals surface area (Å²) in [6.07, 6.45) is 11.1. The molecule has 6 heteroatoms. The van der Waals surface area contributed by atoms with E-state index in [-0.39, 0.29) is 5.75 Å². The fraction of sp³-hybridized carbons (Fsp3) is 1.00. The van der Waals surface area contributed by atoms with Crippen molar-refractivity contribution in [3.05, 3.63) is 0 Å². The molecular weight excluding hydrogens is 288 g/mol. The molecule has 0 unspecified atom stereocenters. The summed E-state index contributed by atoms with van der Waals surface area (Å²) in [5.74, 6) is 1.53. The Morgan fingerprint density at radius 3 is 2.00 bits per heavy atom. The number of rotatable bonds is 6. The van der Waals surface area contributed by atoms with Crippen molar-refractivity contribution in [1.82, 2.24) is 5.32 Å². The van der Waals surface area contributed by atoms with Crippen LogP contribution in [0.25, 0.3) is 0 Å². The van der Waals surface area contributed by atoms with Crippen LogP contribution in [0.1, 0.15) is 57.8 Å². The van der Waals surface area contributed by atoms with Crippen LogP contribution in [0.2, 0.25) is 0 Å². The molecule has 0 bridgehead atoms. The Morgan fingerprint density at radius 2 is 1.48 bits per heavy atom. The van der Waals surface area contributed by atoms with Crippen molar-refractivity contribution in [3.63, 3.8) is 0 Å². The number of hydrogen-bond donors (Lipinski definition) is 3. The number of nitrogens with one attached hydrogen (secondary N) is 1. The molecule has 2 saturated carbocycles. The fourth-order valence-corrected chi connectivity index (χ4v) is 4.27. The van der Waals surface area contributed by atoms with Gasteiger partial charge < -0.3 is 11.1 Å². The monoisotopic (exact) mass is 318 g/mol. The average molecular weight is 318 g/mol. The van der Waals surface area contributed by atoms with Crippen LogP contribution in [0.4, 0.5) is 0 Å². The van der Waals surface area contributed by atoms with E-state index < -0.39 is 10.1 Å². The third-order valence-electron chi connectivity index (χ3n) is 5.20. The first-order chi connectivity index (χ1) is 9.92. The Hall–Kier alpha value is -0.170. The molecule has 0 spiro atoms. The van der Waals surface area contributed by atoms with Crippen molar-refractivity contribution in [2.45, 2.75) is 69.9 Å². The zero-order valence-electron chi connectivity index (χ0n) is 12.8. The Morgan fingerprint density at radius 1 is 0.952 bits per heavy atom. The highest BCUT2D eigenvalue weighted by atomic mass is 32.2. The van der Waals surface area contributed by atoms with Gasteiger partial charge in [-0.1, -0.05) is 0 Å². The van der Waals surface area contributed by atoms with Crippen LogP contribution >= 0.6 is 0 Å². The lowest BCUT2D eigenvalue weighted by Crippen LogP contribution is -2.36. The highest BCUT2D eigenvalue weighted by molar-refractivity contribution is 7.85. The topological polar surface area (TPSA) is 92.4 Å². The van der Waals surface area contributed by atoms with Crippen LogP contribution in [0.3, 0.4) is 0 Å². The predicted molar refractivity (Wildman–Crippen MR) is 84.7 cm³/mol. The van der Waals surface area contributed by atoms with E-state index in [0.29, 0.717) is 18.6 Å². The van der Waals surface area contributed by atoms with Gasteiger partial charge in [-0.2, -0.15) is 8.42 Å². The van der Waals surface area contributed by atoms with Crippen LogP contribution in [0.15, 0.2) is 0 Å². The minimum absolute atomic E-state index is 0.185. The molecule has 0 heterocycles. The van der Waals surface area contributed by atoms with Gasteiger partial charge in [-0.05, 0) is 69.6 Å². The van der Waals surface area contributed by atoms with Crippen molar-refractivity contribution >= 4 is 10.1 Å². The van der Waals surface area contributed by atoms with Crippen molar-refractivity contribution < 1.29 is 13.0 Å². The second-order valence-corrected chi connectivity index (χ2v) is 8.55. The van der Waals surface area contributed by atoms with E-state index in [1.807, 2.05) is 0 Å². The standard InChI is InChI=1S/C15H30N2O3S/c16-14-5-1-12(2-6-14)11-13-3-7-15(8-4-13)17-9-10-21(18,19)20/h12-15,17H,1-11,16H2,(H,18,19,20). The number of nitrogens with two attached hydrogens (primary N) is 1. The summed E-state index contributed by atoms with van der Waals surface area (Å²) in [7, 11) is -3.83. The third-order valence-corrected chi connectivity index (χ3v) is 5.92. The molecule has 0 aromatic heterocycles. The summed E-state index contributed by atoms with van der Waals surface area (Å²) in [4.78, 5) is 0. The zero-order chi connectivity index (χ0) is 15.3. The lowest BCUT2D eigenvalue weighted by atomic mass is 9.76. The van der Waals surface area contributed by atoms with Gasteiger partial charge >= 0.3 is 0 Å². The lowest BCUT2D eigenvalue weighted by Gasteiger charge is -2.33. The summed E-state index contributed by atoms with van der Waals surface area (Å²) >= 11 is 0. The van der Waals surface area contributed by atoms with Crippen LogP contribution in [-0.4, -0.2) is 37.4 Å². The molecule has 4 N–H and O–H groups in total. The Labute approximate surface area is 128 Å². The molecule has 124 valence electrons. The van der Waals surface area contributed by atoms with Gasteiger partial charge in [0, 0.05) is 18.6 Å². The van der Waals surface area contributed by atoms with Gasteiger partial charge in [0.1, 0.15) is 0 Å². The summed E-state index contributed by atoms with van der Waals surface area (Å²) in [5.41, 5.74) is 5.96. The van der Waals surface area contributed by atoms with Crippen molar-refractivity contribution in [2.75, 3.05) is 12.3 Å². The molecule has 21 heavy (non-hydrogen) atoms. The molecule has 0 amide bonds. The van der Waals surface area contributed by atoms with E-state index in [2.05, 4.69) is 5.32 Å². The number of hydrogen-bond acceptors (Lipinski definition) is 4. The summed E-state index contributed by atoms with van der Waals surface area (Å²) in [6, 6.07) is 0.853. The smallest absolute Gasteiger partial charge is 0.266 e. The maximum Gasteiger partial charge on any atom is 0.266 e. The Kier molecular flexibility index (Phi) is 6.47. The highest BCUT2D eigenvalue weighted by Gasteiger charge is 2.26. The van der Waals surface area contributed by atoms with Crippen LogP contribution in [-0.2, 0) is 10.1 Å². The largest absolute Gasteiger partial charge is 0.328 e. The molecule has 2 fully saturated rings. The molecule has 5 nitrogen and oxygen atoms in total. The van der Waals surface area contributed by atoms with E-state index in [1.165, 1.54) is 44.9 Å². The maximum absolute atomic E-state index is 10.7. The Balaban J connectivity index is 1.60. The molecule has 2 rings (SSSR count). The SMILES string of the molecule is NC1CCC(CC2CCC(NCCS(=O)(=O)O)CC2)CC1. The molecule has 0 saturated heterocycles. The van der Waals surface area contributed by atoms with Gasteiger partial charge in [0.05, 0.1) is 5.75 Å². The summed E-state index contributed by atoms with van der Waals surface area (Å²) < 4.78 is 30.1. The molecule has 0 atom stereocenters. The molecule has 0 aromatic carbocycles. The molecular formula is C15H30N2O3S. The Bertz CT molecular complexity index is 397. The van der Waals surface area contributed by atoms with Crippen LogP contribution in [0, 0.1) is 11.8 Å². The van der Waals surface area contributed by atoms with E-state index in [1.54, 1.807) is 0 Å². The first-order valence-corrected chi connectivity index (χ1v) is 9.97. The van der Waals surface area contributed by atoms with E-state index in [0.717, 1.165) is 24.7 Å². The fourth-order valence-electron chi connectivity index (χ4n) is 3.89. The van der Waals surface area contributed by atoms with Crippen LogP contribution < -0.4 is 11.1 Å². The second kappa shape index (κ2) is 7.90. The predicted octanol–water partition coefficient (Wildman–Crippen LogP) is 1.93. The maximum atomic E-state index is 10.7. The third kappa shape index (κ3) is 6.63. The summed E-state index contributed by atoms with van der Waals surface area (Å²) in [6.45, 7) is 0.356. The molecule has 0 aromatic rings. The van der Waals surface area contributed by atoms with E-state index >= 15 is 0 Å². The summed E-state index contributed by atoms with van der Waals surface area (Å²) in [5, 5.41) is 3.25. The lowest BCUT2D eigenvalue weighted by molar-refractivity contribution is 0.216. The van der Waals surface area contributed by atoms with Crippen molar-refractivity contribution in [2.24, 2.45) is 17.6 Å². The van der Waals surface area contributed by atoms with E-state index in [9.17, 15) is 8.42 Å². The minimum atomic E-state index is -3.83. The normalized spacial score (nSPS) is 34.8. The quantitative estimate of drug-likeness (QED) is 0.651. The minimum Gasteiger partial charge on any atom is -0.328 e. The van der Waals surface area contributed by atoms with Gasteiger partial charge in [0.2, 0.25) is 0 Å². The first kappa shape index (κ1) is 17.2.